The molecule has 1 aromatic heterocycles. The Labute approximate surface area is 267 Å². The molecule has 2 heteroatoms. The Balaban J connectivity index is 1.20. The molecule has 8 aromatic carbocycles. The van der Waals surface area contributed by atoms with Crippen LogP contribution >= 0.6 is 0 Å². The molecule has 1 heterocycles. The van der Waals surface area contributed by atoms with E-state index in [-0.39, 0.29) is 0 Å². The Morgan fingerprint density at radius 1 is 0.326 bits per heavy atom. The minimum atomic E-state index is 0.926. The summed E-state index contributed by atoms with van der Waals surface area (Å²) in [7, 11) is 0. The van der Waals surface area contributed by atoms with Crippen molar-refractivity contribution in [1.82, 2.24) is 0 Å². The Hall–Kier alpha value is -6.12. The van der Waals surface area contributed by atoms with Crippen LogP contribution < -0.4 is 4.90 Å². The number of para-hydroxylation sites is 2. The van der Waals surface area contributed by atoms with E-state index >= 15 is 0 Å². The van der Waals surface area contributed by atoms with Crippen LogP contribution in [0.25, 0.3) is 65.7 Å². The molecule has 9 rings (SSSR count). The molecule has 0 spiro atoms. The summed E-state index contributed by atoms with van der Waals surface area (Å²) in [6, 6.07) is 62.6. The van der Waals surface area contributed by atoms with Crippen LogP contribution in [0, 0.1) is 0 Å². The molecule has 2 nitrogen and oxygen atoms in total. The van der Waals surface area contributed by atoms with Crippen molar-refractivity contribution in [1.29, 1.82) is 0 Å². The fourth-order valence-electron chi connectivity index (χ4n) is 6.83. The van der Waals surface area contributed by atoms with Crippen LogP contribution in [-0.2, 0) is 0 Å². The van der Waals surface area contributed by atoms with Crippen molar-refractivity contribution < 1.29 is 4.42 Å². The molecule has 0 aliphatic carbocycles. The first kappa shape index (κ1) is 26.3. The Bertz CT molecular complexity index is 2510. The van der Waals surface area contributed by atoms with Gasteiger partial charge < -0.3 is 9.32 Å². The van der Waals surface area contributed by atoms with Crippen LogP contribution in [-0.4, -0.2) is 0 Å². The van der Waals surface area contributed by atoms with Crippen molar-refractivity contribution in [2.75, 3.05) is 4.90 Å². The molecule has 46 heavy (non-hydrogen) atoms. The molecule has 9 aromatic rings. The fraction of sp³-hybridized carbons (Fsp3) is 0. The molecule has 0 saturated heterocycles. The second kappa shape index (κ2) is 10.8. The Kier molecular flexibility index (Phi) is 6.17. The highest BCUT2D eigenvalue weighted by Gasteiger charge is 2.18. The topological polar surface area (TPSA) is 16.4 Å². The van der Waals surface area contributed by atoms with Gasteiger partial charge in [0.25, 0.3) is 0 Å². The monoisotopic (exact) mass is 587 g/mol. The van der Waals surface area contributed by atoms with Crippen molar-refractivity contribution in [3.8, 4) is 22.3 Å². The summed E-state index contributed by atoms with van der Waals surface area (Å²) >= 11 is 0. The number of rotatable bonds is 5. The molecular weight excluding hydrogens is 558 g/mol. The van der Waals surface area contributed by atoms with E-state index in [0.29, 0.717) is 0 Å². The molecule has 0 amide bonds. The van der Waals surface area contributed by atoms with Gasteiger partial charge in [-0.2, -0.15) is 0 Å². The van der Waals surface area contributed by atoms with Crippen molar-refractivity contribution in [2.45, 2.75) is 0 Å². The molecule has 0 aliphatic heterocycles. The van der Waals surface area contributed by atoms with Gasteiger partial charge in [-0.15, -0.1) is 0 Å². The standard InChI is InChI=1S/C44H29NO/c1-3-13-31(14-4-1)37-20-11-21-40-42-29-41(38-18-9-10-19-39(38)44(42)46-43(37)40)32-23-25-35(26-24-32)45(34-16-5-2-6-17-34)36-27-22-30-12-7-8-15-33(30)28-36/h1-29H. The number of hydrogen-bond donors (Lipinski definition) is 0. The van der Waals surface area contributed by atoms with Crippen LogP contribution in [0.3, 0.4) is 0 Å². The number of anilines is 3. The van der Waals surface area contributed by atoms with E-state index in [1.807, 2.05) is 6.07 Å². The lowest BCUT2D eigenvalue weighted by Gasteiger charge is -2.26. The zero-order valence-corrected chi connectivity index (χ0v) is 25.1. The molecule has 0 radical (unpaired) electrons. The van der Waals surface area contributed by atoms with E-state index in [0.717, 1.165) is 55.5 Å². The summed E-state index contributed by atoms with van der Waals surface area (Å²) in [6.07, 6.45) is 0. The first-order valence-electron chi connectivity index (χ1n) is 15.7. The quantitative estimate of drug-likeness (QED) is 0.199. The van der Waals surface area contributed by atoms with Gasteiger partial charge in [0.1, 0.15) is 11.2 Å². The van der Waals surface area contributed by atoms with Crippen LogP contribution in [0.15, 0.2) is 180 Å². The minimum absolute atomic E-state index is 0.926. The number of hydrogen-bond acceptors (Lipinski definition) is 2. The fourth-order valence-corrected chi connectivity index (χ4v) is 6.83. The van der Waals surface area contributed by atoms with Crippen LogP contribution in [0.2, 0.25) is 0 Å². The zero-order valence-electron chi connectivity index (χ0n) is 25.1. The predicted octanol–water partition coefficient (Wildman–Crippen LogP) is 12.7. The van der Waals surface area contributed by atoms with Gasteiger partial charge in [0, 0.05) is 38.8 Å². The van der Waals surface area contributed by atoms with Crippen LogP contribution in [0.1, 0.15) is 0 Å². The number of benzene rings is 8. The van der Waals surface area contributed by atoms with Gasteiger partial charge in [-0.3, -0.25) is 0 Å². The molecule has 0 saturated carbocycles. The minimum Gasteiger partial charge on any atom is -0.455 e. The van der Waals surface area contributed by atoms with E-state index in [2.05, 4.69) is 175 Å². The first-order valence-corrected chi connectivity index (χ1v) is 15.7. The highest BCUT2D eigenvalue weighted by molar-refractivity contribution is 6.20. The summed E-state index contributed by atoms with van der Waals surface area (Å²) in [5.41, 5.74) is 9.84. The largest absolute Gasteiger partial charge is 0.455 e. The normalized spacial score (nSPS) is 11.5. The Morgan fingerprint density at radius 2 is 0.913 bits per heavy atom. The summed E-state index contributed by atoms with van der Waals surface area (Å²) in [6.45, 7) is 0. The number of nitrogens with zero attached hydrogens (tertiary/aromatic N) is 1. The van der Waals surface area contributed by atoms with E-state index in [4.69, 9.17) is 4.42 Å². The third-order valence-corrected chi connectivity index (χ3v) is 9.03. The summed E-state index contributed by atoms with van der Waals surface area (Å²) < 4.78 is 6.71. The number of furan rings is 1. The lowest BCUT2D eigenvalue weighted by molar-refractivity contribution is 0.674. The van der Waals surface area contributed by atoms with Crippen molar-refractivity contribution in [2.24, 2.45) is 0 Å². The third kappa shape index (κ3) is 4.35. The van der Waals surface area contributed by atoms with Gasteiger partial charge in [0.05, 0.1) is 0 Å². The molecule has 216 valence electrons. The number of fused-ring (bicyclic) bond motifs is 6. The zero-order chi connectivity index (χ0) is 30.5. The van der Waals surface area contributed by atoms with Gasteiger partial charge >= 0.3 is 0 Å². The molecule has 0 atom stereocenters. The maximum absolute atomic E-state index is 6.71. The highest BCUT2D eigenvalue weighted by Crippen LogP contribution is 2.43. The smallest absolute Gasteiger partial charge is 0.143 e. The second-order valence-electron chi connectivity index (χ2n) is 11.7. The first-order chi connectivity index (χ1) is 22.8. The molecular formula is C44H29NO. The average molecular weight is 588 g/mol. The third-order valence-electron chi connectivity index (χ3n) is 9.03. The van der Waals surface area contributed by atoms with Crippen molar-refractivity contribution in [3.05, 3.63) is 176 Å². The van der Waals surface area contributed by atoms with E-state index in [1.54, 1.807) is 0 Å². The average Bonchev–Trinajstić information content (AvgIpc) is 3.52. The van der Waals surface area contributed by atoms with E-state index in [1.165, 1.54) is 27.3 Å². The SMILES string of the molecule is c1ccc(-c2cccc3c2oc2c4ccccc4c(-c4ccc(N(c5ccccc5)c5ccc6ccccc6c5)cc4)cc32)cc1. The van der Waals surface area contributed by atoms with E-state index in [9.17, 15) is 0 Å². The van der Waals surface area contributed by atoms with Crippen molar-refractivity contribution >= 4 is 60.5 Å². The van der Waals surface area contributed by atoms with Gasteiger partial charge in [0.15, 0.2) is 0 Å². The predicted molar refractivity (Wildman–Crippen MR) is 194 cm³/mol. The highest BCUT2D eigenvalue weighted by atomic mass is 16.3. The van der Waals surface area contributed by atoms with E-state index < -0.39 is 0 Å². The molecule has 0 unspecified atom stereocenters. The maximum Gasteiger partial charge on any atom is 0.143 e. The molecule has 0 N–H and O–H groups in total. The van der Waals surface area contributed by atoms with Crippen LogP contribution in [0.5, 0.6) is 0 Å². The Morgan fingerprint density at radius 3 is 1.72 bits per heavy atom. The maximum atomic E-state index is 6.71. The summed E-state index contributed by atoms with van der Waals surface area (Å²) in [5, 5.41) is 7.02. The summed E-state index contributed by atoms with van der Waals surface area (Å²) in [4.78, 5) is 2.33. The van der Waals surface area contributed by atoms with Crippen LogP contribution in [0.4, 0.5) is 17.1 Å². The molecule has 0 bridgehead atoms. The van der Waals surface area contributed by atoms with Crippen molar-refractivity contribution in [3.63, 3.8) is 0 Å². The van der Waals surface area contributed by atoms with Gasteiger partial charge in [-0.1, -0.05) is 133 Å². The van der Waals surface area contributed by atoms with Gasteiger partial charge in [-0.25, -0.2) is 0 Å². The molecule has 0 aliphatic rings. The van der Waals surface area contributed by atoms with Gasteiger partial charge in [0.2, 0.25) is 0 Å². The lowest BCUT2D eigenvalue weighted by atomic mass is 9.94. The molecule has 0 fully saturated rings. The summed E-state index contributed by atoms with van der Waals surface area (Å²) in [5.74, 6) is 0. The van der Waals surface area contributed by atoms with Gasteiger partial charge in [-0.05, 0) is 75.3 Å². The second-order valence-corrected chi connectivity index (χ2v) is 11.7. The lowest BCUT2D eigenvalue weighted by Crippen LogP contribution is -2.09.